The number of nitrogens with one attached hydrogen (secondary N) is 1. The molecule has 0 radical (unpaired) electrons. The normalized spacial score (nSPS) is 10.6. The molecule has 1 aromatic heterocycles. The molecule has 0 aliphatic rings. The van der Waals surface area contributed by atoms with E-state index < -0.39 is 0 Å². The van der Waals surface area contributed by atoms with Crippen LogP contribution >= 0.6 is 23.1 Å². The first-order valence-corrected chi connectivity index (χ1v) is 10.1. The van der Waals surface area contributed by atoms with Crippen molar-refractivity contribution >= 4 is 45.7 Å². The molecule has 2 amide bonds. The summed E-state index contributed by atoms with van der Waals surface area (Å²) >= 11 is 2.97. The Morgan fingerprint density at radius 1 is 1.32 bits per heavy atom. The second-order valence-electron chi connectivity index (χ2n) is 5.74. The third-order valence-electron chi connectivity index (χ3n) is 3.62. The van der Waals surface area contributed by atoms with Crippen molar-refractivity contribution in [3.63, 3.8) is 0 Å². The van der Waals surface area contributed by atoms with Gasteiger partial charge in [-0.15, -0.1) is 23.1 Å². The molecule has 5 nitrogen and oxygen atoms in total. The number of carbonyl (C=O) groups excluding carboxylic acids is 2. The first kappa shape index (κ1) is 19.5. The molecule has 0 unspecified atom stereocenters. The molecule has 1 aromatic carbocycles. The SMILES string of the molecule is CCN(C(C)=O)c1nc(CSCC(=O)Nc2cc(C)ccc2C)cs1. The summed E-state index contributed by atoms with van der Waals surface area (Å²) in [7, 11) is 0. The zero-order valence-electron chi connectivity index (χ0n) is 15.0. The summed E-state index contributed by atoms with van der Waals surface area (Å²) < 4.78 is 0. The van der Waals surface area contributed by atoms with E-state index in [4.69, 9.17) is 0 Å². The molecule has 0 saturated carbocycles. The first-order chi connectivity index (χ1) is 11.9. The molecule has 0 spiro atoms. The number of aromatic nitrogens is 1. The van der Waals surface area contributed by atoms with Crippen LogP contribution in [0.2, 0.25) is 0 Å². The molecule has 134 valence electrons. The minimum absolute atomic E-state index is 0.0102. The topological polar surface area (TPSA) is 62.3 Å². The number of benzene rings is 1. The molecule has 7 heteroatoms. The Balaban J connectivity index is 1.84. The average Bonchev–Trinajstić information content (AvgIpc) is 3.00. The summed E-state index contributed by atoms with van der Waals surface area (Å²) in [5, 5.41) is 5.61. The van der Waals surface area contributed by atoms with Gasteiger partial charge in [-0.25, -0.2) is 4.98 Å². The monoisotopic (exact) mass is 377 g/mol. The van der Waals surface area contributed by atoms with Crippen molar-refractivity contribution in [2.24, 2.45) is 0 Å². The van der Waals surface area contributed by atoms with Crippen molar-refractivity contribution in [1.82, 2.24) is 4.98 Å². The van der Waals surface area contributed by atoms with E-state index in [9.17, 15) is 9.59 Å². The van der Waals surface area contributed by atoms with Crippen LogP contribution in [0.5, 0.6) is 0 Å². The Hall–Kier alpha value is -1.86. The highest BCUT2D eigenvalue weighted by Gasteiger charge is 2.13. The zero-order valence-corrected chi connectivity index (χ0v) is 16.6. The van der Waals surface area contributed by atoms with E-state index >= 15 is 0 Å². The minimum atomic E-state index is -0.0203. The highest BCUT2D eigenvalue weighted by molar-refractivity contribution is 7.99. The second-order valence-corrected chi connectivity index (χ2v) is 7.57. The Bertz CT molecular complexity index is 759. The van der Waals surface area contributed by atoms with Crippen molar-refractivity contribution < 1.29 is 9.59 Å². The molecule has 1 N–H and O–H groups in total. The molecule has 1 heterocycles. The molecular formula is C18H23N3O2S2. The molecule has 0 fully saturated rings. The molecule has 2 aromatic rings. The molecule has 2 rings (SSSR count). The third-order valence-corrected chi connectivity index (χ3v) is 5.50. The molecule has 0 atom stereocenters. The lowest BCUT2D eigenvalue weighted by atomic mass is 10.1. The number of hydrogen-bond acceptors (Lipinski definition) is 5. The summed E-state index contributed by atoms with van der Waals surface area (Å²) in [6.07, 6.45) is 0. The van der Waals surface area contributed by atoms with Crippen LogP contribution in [0.4, 0.5) is 10.8 Å². The maximum absolute atomic E-state index is 12.1. The number of nitrogens with zero attached hydrogens (tertiary/aromatic N) is 2. The van der Waals surface area contributed by atoms with Crippen molar-refractivity contribution in [3.05, 3.63) is 40.4 Å². The molecule has 0 saturated heterocycles. The fourth-order valence-electron chi connectivity index (χ4n) is 2.28. The smallest absolute Gasteiger partial charge is 0.234 e. The van der Waals surface area contributed by atoms with Gasteiger partial charge in [-0.3, -0.25) is 14.5 Å². The summed E-state index contributed by atoms with van der Waals surface area (Å²) in [4.78, 5) is 29.8. The summed E-state index contributed by atoms with van der Waals surface area (Å²) in [6.45, 7) is 8.05. The lowest BCUT2D eigenvalue weighted by molar-refractivity contribution is -0.116. The number of rotatable bonds is 7. The number of anilines is 2. The van der Waals surface area contributed by atoms with Gasteiger partial charge in [0, 0.05) is 30.3 Å². The summed E-state index contributed by atoms with van der Waals surface area (Å²) in [5.41, 5.74) is 3.93. The first-order valence-electron chi connectivity index (χ1n) is 8.08. The van der Waals surface area contributed by atoms with Gasteiger partial charge in [-0.1, -0.05) is 12.1 Å². The largest absolute Gasteiger partial charge is 0.325 e. The number of aryl methyl sites for hydroxylation is 2. The van der Waals surface area contributed by atoms with Crippen molar-refractivity contribution in [2.45, 2.75) is 33.4 Å². The fraction of sp³-hybridized carbons (Fsp3) is 0.389. The van der Waals surface area contributed by atoms with Gasteiger partial charge in [0.2, 0.25) is 11.8 Å². The number of hydrogen-bond donors (Lipinski definition) is 1. The van der Waals surface area contributed by atoms with Crippen LogP contribution < -0.4 is 10.2 Å². The summed E-state index contributed by atoms with van der Waals surface area (Å²) in [5.74, 6) is 0.980. The maximum atomic E-state index is 12.1. The van der Waals surface area contributed by atoms with E-state index in [0.717, 1.165) is 22.5 Å². The van der Waals surface area contributed by atoms with Crippen LogP contribution in [0.1, 0.15) is 30.7 Å². The lowest BCUT2D eigenvalue weighted by Gasteiger charge is -2.14. The van der Waals surface area contributed by atoms with Gasteiger partial charge in [0.15, 0.2) is 5.13 Å². The standard InChI is InChI=1S/C18H23N3O2S2/c1-5-21(14(4)22)18-19-15(10-25-18)9-24-11-17(23)20-16-8-12(2)6-7-13(16)3/h6-8,10H,5,9,11H2,1-4H3,(H,20,23). The number of thioether (sulfide) groups is 1. The molecular weight excluding hydrogens is 354 g/mol. The van der Waals surface area contributed by atoms with Gasteiger partial charge >= 0.3 is 0 Å². The van der Waals surface area contributed by atoms with Gasteiger partial charge in [-0.2, -0.15) is 0 Å². The van der Waals surface area contributed by atoms with Crippen molar-refractivity contribution in [1.29, 1.82) is 0 Å². The van der Waals surface area contributed by atoms with E-state index in [2.05, 4.69) is 10.3 Å². The predicted octanol–water partition coefficient (Wildman–Crippen LogP) is 4.00. The quantitative estimate of drug-likeness (QED) is 0.792. The van der Waals surface area contributed by atoms with E-state index in [-0.39, 0.29) is 11.8 Å². The molecule has 25 heavy (non-hydrogen) atoms. The Kier molecular flexibility index (Phi) is 7.01. The fourth-order valence-corrected chi connectivity index (χ4v) is 4.04. The van der Waals surface area contributed by atoms with E-state index in [1.165, 1.54) is 30.0 Å². The van der Waals surface area contributed by atoms with Crippen LogP contribution in [0.15, 0.2) is 23.6 Å². The number of thiazole rings is 1. The third kappa shape index (κ3) is 5.57. The van der Waals surface area contributed by atoms with Crippen LogP contribution in [0, 0.1) is 13.8 Å². The zero-order chi connectivity index (χ0) is 18.4. The van der Waals surface area contributed by atoms with Crippen molar-refractivity contribution in [3.8, 4) is 0 Å². The molecule has 0 aliphatic carbocycles. The van der Waals surface area contributed by atoms with Crippen LogP contribution in [-0.4, -0.2) is 29.1 Å². The van der Waals surface area contributed by atoms with Crippen LogP contribution in [0.3, 0.4) is 0 Å². The van der Waals surface area contributed by atoms with Crippen LogP contribution in [-0.2, 0) is 15.3 Å². The highest BCUT2D eigenvalue weighted by atomic mass is 32.2. The minimum Gasteiger partial charge on any atom is -0.325 e. The van der Waals surface area contributed by atoms with Gasteiger partial charge in [0.1, 0.15) is 0 Å². The molecule has 0 aliphatic heterocycles. The number of amides is 2. The second kappa shape index (κ2) is 9.01. The Morgan fingerprint density at radius 3 is 2.76 bits per heavy atom. The van der Waals surface area contributed by atoms with Gasteiger partial charge in [-0.05, 0) is 38.0 Å². The highest BCUT2D eigenvalue weighted by Crippen LogP contribution is 2.23. The Morgan fingerprint density at radius 2 is 2.08 bits per heavy atom. The lowest BCUT2D eigenvalue weighted by Crippen LogP contribution is -2.27. The van der Waals surface area contributed by atoms with Gasteiger partial charge in [0.05, 0.1) is 11.4 Å². The average molecular weight is 378 g/mol. The van der Waals surface area contributed by atoms with E-state index in [1.54, 1.807) is 4.90 Å². The van der Waals surface area contributed by atoms with Crippen molar-refractivity contribution in [2.75, 3.05) is 22.5 Å². The van der Waals surface area contributed by atoms with Gasteiger partial charge < -0.3 is 5.32 Å². The maximum Gasteiger partial charge on any atom is 0.234 e. The Labute approximate surface area is 156 Å². The van der Waals surface area contributed by atoms with Crippen LogP contribution in [0.25, 0.3) is 0 Å². The van der Waals surface area contributed by atoms with E-state index in [1.807, 2.05) is 44.4 Å². The number of carbonyl (C=O) groups is 2. The summed E-state index contributed by atoms with van der Waals surface area (Å²) in [6, 6.07) is 6.01. The van der Waals surface area contributed by atoms with E-state index in [0.29, 0.717) is 23.2 Å². The molecule has 0 bridgehead atoms. The predicted molar refractivity (Wildman–Crippen MR) is 107 cm³/mol. The van der Waals surface area contributed by atoms with Gasteiger partial charge in [0.25, 0.3) is 0 Å².